The molecule has 0 radical (unpaired) electrons. The predicted octanol–water partition coefficient (Wildman–Crippen LogP) is 2.77. The number of hydrogen-bond acceptors (Lipinski definition) is 4. The van der Waals surface area contributed by atoms with Crippen molar-refractivity contribution in [3.05, 3.63) is 70.7 Å². The first kappa shape index (κ1) is 18.5. The van der Waals surface area contributed by atoms with Crippen LogP contribution in [0.5, 0.6) is 0 Å². The number of carbonyl (C=O) groups excluding carboxylic acids is 1. The Bertz CT molecular complexity index is 985. The molecule has 1 aliphatic heterocycles. The third kappa shape index (κ3) is 4.34. The van der Waals surface area contributed by atoms with Gasteiger partial charge < -0.3 is 9.73 Å². The van der Waals surface area contributed by atoms with E-state index in [1.165, 1.54) is 5.56 Å². The van der Waals surface area contributed by atoms with Crippen LogP contribution in [0.1, 0.15) is 24.8 Å². The number of carbonyl (C=O) groups is 1. The molecule has 1 fully saturated rings. The van der Waals surface area contributed by atoms with E-state index in [4.69, 9.17) is 4.42 Å². The molecular weight excluding hydrogens is 354 g/mol. The van der Waals surface area contributed by atoms with E-state index in [1.54, 1.807) is 4.57 Å². The summed E-state index contributed by atoms with van der Waals surface area (Å²) in [5.41, 5.74) is 2.63. The van der Waals surface area contributed by atoms with E-state index < -0.39 is 0 Å². The number of aromatic nitrogens is 1. The predicted molar refractivity (Wildman–Crippen MR) is 108 cm³/mol. The fourth-order valence-electron chi connectivity index (χ4n) is 3.77. The lowest BCUT2D eigenvalue weighted by molar-refractivity contribution is -0.122. The second kappa shape index (κ2) is 8.44. The van der Waals surface area contributed by atoms with Gasteiger partial charge in [0.15, 0.2) is 5.58 Å². The number of amides is 1. The van der Waals surface area contributed by atoms with Gasteiger partial charge in [-0.2, -0.15) is 0 Å². The van der Waals surface area contributed by atoms with Crippen molar-refractivity contribution in [1.29, 1.82) is 0 Å². The molecule has 0 aliphatic carbocycles. The monoisotopic (exact) mass is 379 g/mol. The summed E-state index contributed by atoms with van der Waals surface area (Å²) in [5, 5.41) is 3.16. The van der Waals surface area contributed by atoms with Crippen LogP contribution in [-0.4, -0.2) is 34.5 Å². The average molecular weight is 379 g/mol. The van der Waals surface area contributed by atoms with Crippen LogP contribution in [0, 0.1) is 0 Å². The van der Waals surface area contributed by atoms with Gasteiger partial charge >= 0.3 is 5.76 Å². The van der Waals surface area contributed by atoms with E-state index in [0.29, 0.717) is 18.7 Å². The van der Waals surface area contributed by atoms with Gasteiger partial charge in [-0.25, -0.2) is 4.79 Å². The maximum absolute atomic E-state index is 12.2. The minimum absolute atomic E-state index is 0.111. The average Bonchev–Trinajstić information content (AvgIpc) is 3.04. The summed E-state index contributed by atoms with van der Waals surface area (Å²) in [7, 11) is 0. The van der Waals surface area contributed by atoms with E-state index in [0.717, 1.165) is 37.9 Å². The van der Waals surface area contributed by atoms with Gasteiger partial charge in [-0.05, 0) is 37.0 Å². The zero-order chi connectivity index (χ0) is 19.3. The Morgan fingerprint density at radius 2 is 1.75 bits per heavy atom. The number of piperidine rings is 1. The molecule has 2 heterocycles. The first-order chi connectivity index (χ1) is 13.7. The number of fused-ring (bicyclic) bond motifs is 1. The van der Waals surface area contributed by atoms with Gasteiger partial charge in [-0.1, -0.05) is 42.5 Å². The van der Waals surface area contributed by atoms with E-state index in [2.05, 4.69) is 10.2 Å². The lowest BCUT2D eigenvalue weighted by atomic mass is 10.0. The lowest BCUT2D eigenvalue weighted by Gasteiger charge is -2.32. The Hall–Kier alpha value is -2.86. The van der Waals surface area contributed by atoms with Crippen LogP contribution in [0.3, 0.4) is 0 Å². The Labute approximate surface area is 163 Å². The molecule has 2 aromatic carbocycles. The second-order valence-corrected chi connectivity index (χ2v) is 7.35. The number of likely N-dealkylation sites (tertiary alicyclic amines) is 1. The first-order valence-corrected chi connectivity index (χ1v) is 9.83. The molecule has 6 nitrogen and oxygen atoms in total. The van der Waals surface area contributed by atoms with E-state index in [1.807, 2.05) is 54.6 Å². The highest BCUT2D eigenvalue weighted by atomic mass is 16.4. The maximum atomic E-state index is 12.2. The topological polar surface area (TPSA) is 67.5 Å². The molecule has 1 amide bonds. The molecule has 0 bridgehead atoms. The quantitative estimate of drug-likeness (QED) is 0.715. The molecule has 1 N–H and O–H groups in total. The summed E-state index contributed by atoms with van der Waals surface area (Å²) >= 11 is 0. The van der Waals surface area contributed by atoms with Crippen molar-refractivity contribution in [3.63, 3.8) is 0 Å². The van der Waals surface area contributed by atoms with E-state index in [-0.39, 0.29) is 17.7 Å². The first-order valence-electron chi connectivity index (χ1n) is 9.83. The van der Waals surface area contributed by atoms with Crippen molar-refractivity contribution in [1.82, 2.24) is 14.8 Å². The molecular formula is C22H25N3O3. The van der Waals surface area contributed by atoms with Crippen LogP contribution < -0.4 is 11.1 Å². The van der Waals surface area contributed by atoms with Gasteiger partial charge in [-0.3, -0.25) is 14.3 Å². The zero-order valence-electron chi connectivity index (χ0n) is 15.8. The van der Waals surface area contributed by atoms with Gasteiger partial charge in [0, 0.05) is 25.6 Å². The van der Waals surface area contributed by atoms with Gasteiger partial charge in [0.2, 0.25) is 5.91 Å². The summed E-state index contributed by atoms with van der Waals surface area (Å²) in [6, 6.07) is 17.8. The molecule has 0 atom stereocenters. The third-order valence-electron chi connectivity index (χ3n) is 5.35. The zero-order valence-corrected chi connectivity index (χ0v) is 15.8. The van der Waals surface area contributed by atoms with Crippen molar-refractivity contribution in [2.45, 2.75) is 38.4 Å². The SMILES string of the molecule is O=C(CCc1ccccc1)NC1CCN(Cn2c(=O)oc3ccccc32)CC1. The fourth-order valence-corrected chi connectivity index (χ4v) is 3.77. The van der Waals surface area contributed by atoms with Crippen molar-refractivity contribution in [3.8, 4) is 0 Å². The molecule has 146 valence electrons. The Morgan fingerprint density at radius 3 is 2.54 bits per heavy atom. The summed E-state index contributed by atoms with van der Waals surface area (Å²) in [4.78, 5) is 26.6. The third-order valence-corrected chi connectivity index (χ3v) is 5.35. The van der Waals surface area contributed by atoms with Crippen molar-refractivity contribution in [2.75, 3.05) is 13.1 Å². The number of nitrogens with one attached hydrogen (secondary N) is 1. The normalized spacial score (nSPS) is 15.7. The molecule has 0 saturated carbocycles. The number of aryl methyl sites for hydroxylation is 1. The number of para-hydroxylation sites is 2. The number of nitrogens with zero attached hydrogens (tertiary/aromatic N) is 2. The molecule has 1 saturated heterocycles. The largest absolute Gasteiger partial charge is 0.421 e. The molecule has 1 aliphatic rings. The van der Waals surface area contributed by atoms with Crippen LogP contribution in [0.2, 0.25) is 0 Å². The summed E-state index contributed by atoms with van der Waals surface area (Å²) < 4.78 is 6.98. The van der Waals surface area contributed by atoms with Crippen molar-refractivity contribution in [2.24, 2.45) is 0 Å². The van der Waals surface area contributed by atoms with Gasteiger partial charge in [0.05, 0.1) is 12.2 Å². The standard InChI is InChI=1S/C22H25N3O3/c26-21(11-10-17-6-2-1-3-7-17)23-18-12-14-24(15-13-18)16-25-19-8-4-5-9-20(19)28-22(25)27/h1-9,18H,10-16H2,(H,23,26). The molecule has 0 spiro atoms. The second-order valence-electron chi connectivity index (χ2n) is 7.35. The summed E-state index contributed by atoms with van der Waals surface area (Å²) in [6.45, 7) is 2.20. The van der Waals surface area contributed by atoms with Gasteiger partial charge in [0.1, 0.15) is 0 Å². The van der Waals surface area contributed by atoms with Crippen LogP contribution in [0.15, 0.2) is 63.8 Å². The maximum Gasteiger partial charge on any atom is 0.421 e. The van der Waals surface area contributed by atoms with Crippen molar-refractivity contribution < 1.29 is 9.21 Å². The van der Waals surface area contributed by atoms with Crippen LogP contribution in [0.25, 0.3) is 11.1 Å². The van der Waals surface area contributed by atoms with E-state index in [9.17, 15) is 9.59 Å². The summed E-state index contributed by atoms with van der Waals surface area (Å²) in [5.74, 6) is -0.211. The van der Waals surface area contributed by atoms with Crippen molar-refractivity contribution >= 4 is 17.0 Å². The summed E-state index contributed by atoms with van der Waals surface area (Å²) in [6.07, 6.45) is 3.06. The molecule has 4 rings (SSSR count). The Morgan fingerprint density at radius 1 is 1.04 bits per heavy atom. The van der Waals surface area contributed by atoms with Gasteiger partial charge in [-0.15, -0.1) is 0 Å². The highest BCUT2D eigenvalue weighted by molar-refractivity contribution is 5.76. The van der Waals surface area contributed by atoms with E-state index >= 15 is 0 Å². The molecule has 0 unspecified atom stereocenters. The minimum Gasteiger partial charge on any atom is -0.408 e. The van der Waals surface area contributed by atoms with Crippen LogP contribution in [0.4, 0.5) is 0 Å². The smallest absolute Gasteiger partial charge is 0.408 e. The fraction of sp³-hybridized carbons (Fsp3) is 0.364. The Kier molecular flexibility index (Phi) is 5.58. The number of oxazole rings is 1. The van der Waals surface area contributed by atoms with Gasteiger partial charge in [0.25, 0.3) is 0 Å². The molecule has 28 heavy (non-hydrogen) atoms. The number of rotatable bonds is 6. The highest BCUT2D eigenvalue weighted by Gasteiger charge is 2.22. The number of benzene rings is 2. The molecule has 6 heteroatoms. The molecule has 1 aromatic heterocycles. The Balaban J connectivity index is 1.26. The lowest BCUT2D eigenvalue weighted by Crippen LogP contribution is -2.45. The number of hydrogen-bond donors (Lipinski definition) is 1. The van der Waals surface area contributed by atoms with Crippen LogP contribution >= 0.6 is 0 Å². The highest BCUT2D eigenvalue weighted by Crippen LogP contribution is 2.15. The molecule has 3 aromatic rings. The van der Waals surface area contributed by atoms with Crippen LogP contribution in [-0.2, 0) is 17.9 Å². The minimum atomic E-state index is -0.322.